The van der Waals surface area contributed by atoms with Crippen molar-refractivity contribution in [1.82, 2.24) is 9.80 Å². The summed E-state index contributed by atoms with van der Waals surface area (Å²) in [6, 6.07) is 3.37. The zero-order valence-corrected chi connectivity index (χ0v) is 12.0. The molecule has 1 saturated heterocycles. The minimum absolute atomic E-state index is 0.159. The lowest BCUT2D eigenvalue weighted by atomic mass is 10.1. The van der Waals surface area contributed by atoms with Gasteiger partial charge < -0.3 is 5.11 Å². The van der Waals surface area contributed by atoms with Gasteiger partial charge in [0.1, 0.15) is 11.6 Å². The molecule has 20 heavy (non-hydrogen) atoms. The second-order valence-electron chi connectivity index (χ2n) is 5.00. The third kappa shape index (κ3) is 4.12. The van der Waals surface area contributed by atoms with E-state index >= 15 is 0 Å². The van der Waals surface area contributed by atoms with Gasteiger partial charge in [0.15, 0.2) is 0 Å². The highest BCUT2D eigenvalue weighted by molar-refractivity contribution is 6.21. The van der Waals surface area contributed by atoms with Gasteiger partial charge in [0.25, 0.3) is 0 Å². The van der Waals surface area contributed by atoms with Crippen LogP contribution in [0.4, 0.5) is 8.78 Å². The van der Waals surface area contributed by atoms with Gasteiger partial charge in [0, 0.05) is 44.8 Å². The molecule has 1 aliphatic rings. The van der Waals surface area contributed by atoms with E-state index in [1.807, 2.05) is 0 Å². The zero-order chi connectivity index (χ0) is 14.5. The Balaban J connectivity index is 1.89. The van der Waals surface area contributed by atoms with Crippen molar-refractivity contribution in [2.75, 3.05) is 45.9 Å². The predicted molar refractivity (Wildman–Crippen MR) is 74.9 cm³/mol. The Kier molecular flexibility index (Phi) is 5.72. The van der Waals surface area contributed by atoms with E-state index in [0.29, 0.717) is 13.1 Å². The first-order chi connectivity index (χ1) is 9.60. The van der Waals surface area contributed by atoms with Gasteiger partial charge in [0.05, 0.1) is 12.0 Å². The molecule has 1 unspecified atom stereocenters. The standard InChI is InChI=1S/C14H19ClF2N2O/c15-13(12-9-11(16)1-2-14(12)17)10-19-5-3-18(4-6-19)7-8-20/h1-2,9,13,20H,3-8,10H2. The molecule has 1 N–H and O–H groups in total. The Morgan fingerprint density at radius 1 is 1.15 bits per heavy atom. The number of hydrogen-bond donors (Lipinski definition) is 1. The van der Waals surface area contributed by atoms with Crippen LogP contribution in [0.15, 0.2) is 18.2 Å². The van der Waals surface area contributed by atoms with Crippen molar-refractivity contribution in [3.63, 3.8) is 0 Å². The monoisotopic (exact) mass is 304 g/mol. The maximum absolute atomic E-state index is 13.6. The first-order valence-electron chi connectivity index (χ1n) is 6.74. The molecule has 0 aromatic heterocycles. The fourth-order valence-electron chi connectivity index (χ4n) is 2.42. The number of benzene rings is 1. The number of halogens is 3. The number of hydrogen-bond acceptors (Lipinski definition) is 3. The molecule has 1 fully saturated rings. The molecule has 1 aromatic rings. The molecule has 3 nitrogen and oxygen atoms in total. The normalized spacial score (nSPS) is 19.2. The van der Waals surface area contributed by atoms with Crippen LogP contribution in [0.25, 0.3) is 0 Å². The van der Waals surface area contributed by atoms with Crippen molar-refractivity contribution in [3.05, 3.63) is 35.4 Å². The molecule has 1 heterocycles. The highest BCUT2D eigenvalue weighted by Gasteiger charge is 2.21. The van der Waals surface area contributed by atoms with Crippen molar-refractivity contribution in [2.24, 2.45) is 0 Å². The lowest BCUT2D eigenvalue weighted by molar-refractivity contribution is 0.112. The quantitative estimate of drug-likeness (QED) is 0.841. The maximum atomic E-state index is 13.6. The number of piperazine rings is 1. The molecular formula is C14H19ClF2N2O. The van der Waals surface area contributed by atoms with Gasteiger partial charge in [-0.3, -0.25) is 9.80 Å². The molecular weight excluding hydrogens is 286 g/mol. The summed E-state index contributed by atoms with van der Waals surface area (Å²) in [5, 5.41) is 8.32. The Hall–Kier alpha value is -0.750. The SMILES string of the molecule is OCCN1CCN(CC(Cl)c2cc(F)ccc2F)CC1. The summed E-state index contributed by atoms with van der Waals surface area (Å²) in [4.78, 5) is 4.30. The molecule has 2 rings (SSSR count). The van der Waals surface area contributed by atoms with Crippen LogP contribution in [0.5, 0.6) is 0 Å². The fraction of sp³-hybridized carbons (Fsp3) is 0.571. The Morgan fingerprint density at radius 3 is 2.45 bits per heavy atom. The fourth-order valence-corrected chi connectivity index (χ4v) is 2.78. The molecule has 0 saturated carbocycles. The van der Waals surface area contributed by atoms with Gasteiger partial charge in [-0.2, -0.15) is 0 Å². The van der Waals surface area contributed by atoms with Crippen LogP contribution >= 0.6 is 11.6 Å². The largest absolute Gasteiger partial charge is 0.395 e. The molecule has 6 heteroatoms. The van der Waals surface area contributed by atoms with E-state index in [2.05, 4.69) is 9.80 Å². The summed E-state index contributed by atoms with van der Waals surface area (Å²) in [5.74, 6) is -0.940. The Bertz CT molecular complexity index is 439. The van der Waals surface area contributed by atoms with Crippen molar-refractivity contribution < 1.29 is 13.9 Å². The summed E-state index contributed by atoms with van der Waals surface area (Å²) in [5.41, 5.74) is 0.212. The zero-order valence-electron chi connectivity index (χ0n) is 11.2. The van der Waals surface area contributed by atoms with Crippen LogP contribution in [0, 0.1) is 11.6 Å². The van der Waals surface area contributed by atoms with Crippen molar-refractivity contribution in [3.8, 4) is 0 Å². The van der Waals surface area contributed by atoms with Crippen molar-refractivity contribution in [2.45, 2.75) is 5.38 Å². The Labute approximate surface area is 122 Å². The number of nitrogens with zero attached hydrogens (tertiary/aromatic N) is 2. The van der Waals surface area contributed by atoms with Crippen LogP contribution in [0.3, 0.4) is 0 Å². The second kappa shape index (κ2) is 7.31. The molecule has 1 aliphatic heterocycles. The van der Waals surface area contributed by atoms with Crippen LogP contribution in [-0.2, 0) is 0 Å². The average molecular weight is 305 g/mol. The molecule has 0 amide bonds. The molecule has 112 valence electrons. The van der Waals surface area contributed by atoms with Crippen molar-refractivity contribution >= 4 is 11.6 Å². The lowest BCUT2D eigenvalue weighted by Crippen LogP contribution is -2.47. The molecule has 0 aliphatic carbocycles. The molecule has 0 bridgehead atoms. The topological polar surface area (TPSA) is 26.7 Å². The summed E-state index contributed by atoms with van der Waals surface area (Å²) >= 11 is 6.21. The third-order valence-corrected chi connectivity index (χ3v) is 3.97. The van der Waals surface area contributed by atoms with E-state index in [9.17, 15) is 8.78 Å². The number of alkyl halides is 1. The molecule has 0 radical (unpaired) electrons. The van der Waals surface area contributed by atoms with E-state index in [1.54, 1.807) is 0 Å². The number of β-amino-alcohol motifs (C(OH)–C–C–N with tert-alkyl or cyclic N) is 1. The van der Waals surface area contributed by atoms with Gasteiger partial charge in [-0.15, -0.1) is 11.6 Å². The van der Waals surface area contributed by atoms with Crippen LogP contribution in [0.1, 0.15) is 10.9 Å². The van der Waals surface area contributed by atoms with E-state index in [4.69, 9.17) is 16.7 Å². The third-order valence-electron chi connectivity index (χ3n) is 3.60. The molecule has 0 spiro atoms. The second-order valence-corrected chi connectivity index (χ2v) is 5.53. The van der Waals surface area contributed by atoms with Gasteiger partial charge in [-0.1, -0.05) is 0 Å². The van der Waals surface area contributed by atoms with Gasteiger partial charge in [0.2, 0.25) is 0 Å². The van der Waals surface area contributed by atoms with E-state index in [1.165, 1.54) is 0 Å². The summed E-state index contributed by atoms with van der Waals surface area (Å²) in [6.07, 6.45) is 0. The number of aliphatic hydroxyl groups excluding tert-OH is 1. The first kappa shape index (κ1) is 15.6. The number of rotatable bonds is 5. The lowest BCUT2D eigenvalue weighted by Gasteiger charge is -2.35. The van der Waals surface area contributed by atoms with Crippen LogP contribution < -0.4 is 0 Å². The highest BCUT2D eigenvalue weighted by Crippen LogP contribution is 2.25. The molecule has 1 atom stereocenters. The maximum Gasteiger partial charge on any atom is 0.128 e. The first-order valence-corrected chi connectivity index (χ1v) is 7.18. The van der Waals surface area contributed by atoms with Gasteiger partial charge in [-0.05, 0) is 18.2 Å². The van der Waals surface area contributed by atoms with Gasteiger partial charge in [-0.25, -0.2) is 8.78 Å². The smallest absolute Gasteiger partial charge is 0.128 e. The van der Waals surface area contributed by atoms with Crippen LogP contribution in [0.2, 0.25) is 0 Å². The minimum atomic E-state index is -0.560. The van der Waals surface area contributed by atoms with Gasteiger partial charge >= 0.3 is 0 Å². The molecule has 1 aromatic carbocycles. The summed E-state index contributed by atoms with van der Waals surface area (Å²) in [7, 11) is 0. The Morgan fingerprint density at radius 2 is 1.80 bits per heavy atom. The predicted octanol–water partition coefficient (Wildman–Crippen LogP) is 1.85. The van der Waals surface area contributed by atoms with E-state index in [-0.39, 0.29) is 12.2 Å². The van der Waals surface area contributed by atoms with Crippen LogP contribution in [-0.4, -0.2) is 60.8 Å². The summed E-state index contributed by atoms with van der Waals surface area (Å²) < 4.78 is 26.8. The average Bonchev–Trinajstić information content (AvgIpc) is 2.44. The minimum Gasteiger partial charge on any atom is -0.395 e. The summed E-state index contributed by atoms with van der Waals surface area (Å²) in [6.45, 7) is 4.68. The highest BCUT2D eigenvalue weighted by atomic mass is 35.5. The van der Waals surface area contributed by atoms with E-state index in [0.717, 1.165) is 44.4 Å². The van der Waals surface area contributed by atoms with Crippen molar-refractivity contribution in [1.29, 1.82) is 0 Å². The number of aliphatic hydroxyl groups is 1. The van der Waals surface area contributed by atoms with E-state index < -0.39 is 17.0 Å².